The van der Waals surface area contributed by atoms with Crippen molar-refractivity contribution in [3.63, 3.8) is 0 Å². The van der Waals surface area contributed by atoms with Gasteiger partial charge in [-0.05, 0) is 69.2 Å². The number of aromatic amines is 1. The molecule has 2 aromatic heterocycles. The molecule has 0 atom stereocenters. The van der Waals surface area contributed by atoms with Crippen molar-refractivity contribution in [2.75, 3.05) is 0 Å². The van der Waals surface area contributed by atoms with Gasteiger partial charge in [-0.1, -0.05) is 23.4 Å². The lowest BCUT2D eigenvalue weighted by molar-refractivity contribution is 0.302. The van der Waals surface area contributed by atoms with Crippen molar-refractivity contribution >= 4 is 0 Å². The third kappa shape index (κ3) is 3.43. The number of hydrogen-bond donors (Lipinski definition) is 1. The third-order valence-electron chi connectivity index (χ3n) is 5.19. The highest BCUT2D eigenvalue weighted by Gasteiger charge is 2.11. The van der Waals surface area contributed by atoms with E-state index in [1.165, 1.54) is 16.7 Å². The first-order chi connectivity index (χ1) is 13.5. The Balaban J connectivity index is 1.50. The summed E-state index contributed by atoms with van der Waals surface area (Å²) in [6.45, 7) is 8.52. The fourth-order valence-electron chi connectivity index (χ4n) is 3.24. The Hall–Kier alpha value is -3.34. The molecular formula is C23H23N3O2. The number of H-pyrrole nitrogens is 1. The molecule has 5 heteroatoms. The standard InChI is InChI=1S/C23H23N3O2/c1-14-6-5-7-20(15(14)2)23-12-22(24-25-23)18-8-10-19(11-9-18)27-13-21-16(3)26-28-17(21)4/h5-12H,13H2,1-4H3,(H,24,25). The monoisotopic (exact) mass is 373 g/mol. The van der Waals surface area contributed by atoms with Crippen LogP contribution in [0.15, 0.2) is 53.1 Å². The van der Waals surface area contributed by atoms with Gasteiger partial charge in [0.2, 0.25) is 0 Å². The average molecular weight is 373 g/mol. The molecule has 1 N–H and O–H groups in total. The van der Waals surface area contributed by atoms with Crippen molar-refractivity contribution in [3.8, 4) is 28.3 Å². The molecule has 0 saturated heterocycles. The number of hydrogen-bond acceptors (Lipinski definition) is 4. The summed E-state index contributed by atoms with van der Waals surface area (Å²) in [4.78, 5) is 0. The van der Waals surface area contributed by atoms with Gasteiger partial charge in [0.25, 0.3) is 0 Å². The van der Waals surface area contributed by atoms with E-state index < -0.39 is 0 Å². The number of ether oxygens (including phenoxy) is 1. The van der Waals surface area contributed by atoms with Gasteiger partial charge < -0.3 is 9.26 Å². The number of aryl methyl sites for hydroxylation is 3. The van der Waals surface area contributed by atoms with Crippen LogP contribution >= 0.6 is 0 Å². The minimum atomic E-state index is 0.444. The van der Waals surface area contributed by atoms with E-state index in [4.69, 9.17) is 9.26 Å². The van der Waals surface area contributed by atoms with E-state index in [1.54, 1.807) is 0 Å². The van der Waals surface area contributed by atoms with Crippen molar-refractivity contribution in [2.45, 2.75) is 34.3 Å². The maximum absolute atomic E-state index is 5.88. The maximum atomic E-state index is 5.88. The van der Waals surface area contributed by atoms with E-state index in [9.17, 15) is 0 Å². The molecule has 142 valence electrons. The molecule has 28 heavy (non-hydrogen) atoms. The molecular weight excluding hydrogens is 350 g/mol. The molecule has 0 aliphatic heterocycles. The molecule has 0 bridgehead atoms. The van der Waals surface area contributed by atoms with Gasteiger partial charge in [0.15, 0.2) is 0 Å². The minimum absolute atomic E-state index is 0.444. The van der Waals surface area contributed by atoms with E-state index in [0.717, 1.165) is 39.7 Å². The minimum Gasteiger partial charge on any atom is -0.489 e. The molecule has 2 heterocycles. The van der Waals surface area contributed by atoms with Crippen LogP contribution in [0.25, 0.3) is 22.5 Å². The quantitative estimate of drug-likeness (QED) is 0.498. The zero-order chi connectivity index (χ0) is 19.7. The maximum Gasteiger partial charge on any atom is 0.140 e. The zero-order valence-electron chi connectivity index (χ0n) is 16.5. The Morgan fingerprint density at radius 1 is 1.00 bits per heavy atom. The lowest BCUT2D eigenvalue weighted by Crippen LogP contribution is -1.97. The van der Waals surface area contributed by atoms with Gasteiger partial charge in [0.05, 0.1) is 22.6 Å². The topological polar surface area (TPSA) is 63.9 Å². The Morgan fingerprint density at radius 3 is 2.50 bits per heavy atom. The van der Waals surface area contributed by atoms with Crippen LogP contribution in [0.4, 0.5) is 0 Å². The largest absolute Gasteiger partial charge is 0.489 e. The van der Waals surface area contributed by atoms with Crippen LogP contribution in [-0.2, 0) is 6.61 Å². The Bertz CT molecular complexity index is 1090. The number of rotatable bonds is 5. The van der Waals surface area contributed by atoms with Gasteiger partial charge >= 0.3 is 0 Å². The lowest BCUT2D eigenvalue weighted by atomic mass is 10.0. The van der Waals surface area contributed by atoms with E-state index in [1.807, 2.05) is 38.1 Å². The fourth-order valence-corrected chi connectivity index (χ4v) is 3.24. The summed E-state index contributed by atoms with van der Waals surface area (Å²) in [5.41, 5.74) is 8.55. The Morgan fingerprint density at radius 2 is 1.79 bits per heavy atom. The first-order valence-electron chi connectivity index (χ1n) is 9.30. The zero-order valence-corrected chi connectivity index (χ0v) is 16.5. The van der Waals surface area contributed by atoms with Gasteiger partial charge in [0.1, 0.15) is 18.1 Å². The second-order valence-electron chi connectivity index (χ2n) is 7.03. The highest BCUT2D eigenvalue weighted by Crippen LogP contribution is 2.28. The first-order valence-corrected chi connectivity index (χ1v) is 9.30. The average Bonchev–Trinajstić information content (AvgIpc) is 3.30. The van der Waals surface area contributed by atoms with Gasteiger partial charge in [0, 0.05) is 11.1 Å². The molecule has 0 unspecified atom stereocenters. The number of nitrogens with one attached hydrogen (secondary N) is 1. The van der Waals surface area contributed by atoms with Crippen LogP contribution in [0.5, 0.6) is 5.75 Å². The van der Waals surface area contributed by atoms with Crippen molar-refractivity contribution < 1.29 is 9.26 Å². The van der Waals surface area contributed by atoms with Crippen molar-refractivity contribution in [1.82, 2.24) is 15.4 Å². The summed E-state index contributed by atoms with van der Waals surface area (Å²) in [5.74, 6) is 1.60. The fraction of sp³-hybridized carbons (Fsp3) is 0.217. The molecule has 0 fully saturated rings. The van der Waals surface area contributed by atoms with Crippen molar-refractivity contribution in [2.24, 2.45) is 0 Å². The lowest BCUT2D eigenvalue weighted by Gasteiger charge is -2.06. The summed E-state index contributed by atoms with van der Waals surface area (Å²) in [6, 6.07) is 16.4. The number of nitrogens with zero attached hydrogens (tertiary/aromatic N) is 2. The second-order valence-corrected chi connectivity index (χ2v) is 7.03. The molecule has 5 nitrogen and oxygen atoms in total. The smallest absolute Gasteiger partial charge is 0.140 e. The molecule has 2 aromatic carbocycles. The van der Waals surface area contributed by atoms with Gasteiger partial charge in [-0.2, -0.15) is 5.10 Å². The van der Waals surface area contributed by atoms with E-state index in [-0.39, 0.29) is 0 Å². The SMILES string of the molecule is Cc1cccc(-c2cc(-c3ccc(OCc4c(C)noc4C)cc3)n[nH]2)c1C. The summed E-state index contributed by atoms with van der Waals surface area (Å²) >= 11 is 0. The number of benzene rings is 2. The Labute approximate surface area is 164 Å². The number of aromatic nitrogens is 3. The predicted octanol–water partition coefficient (Wildman–Crippen LogP) is 5.54. The molecule has 0 spiro atoms. The van der Waals surface area contributed by atoms with Crippen LogP contribution in [0.3, 0.4) is 0 Å². The first kappa shape index (κ1) is 18.0. The van der Waals surface area contributed by atoms with Gasteiger partial charge in [-0.3, -0.25) is 5.10 Å². The molecule has 0 aliphatic rings. The normalized spacial score (nSPS) is 11.0. The van der Waals surface area contributed by atoms with Gasteiger partial charge in [-0.25, -0.2) is 0 Å². The molecule has 0 aliphatic carbocycles. The third-order valence-corrected chi connectivity index (χ3v) is 5.19. The molecule has 4 rings (SSSR count). The molecule has 0 amide bonds. The van der Waals surface area contributed by atoms with Crippen molar-refractivity contribution in [3.05, 3.63) is 76.7 Å². The van der Waals surface area contributed by atoms with Crippen molar-refractivity contribution in [1.29, 1.82) is 0 Å². The summed E-state index contributed by atoms with van der Waals surface area (Å²) in [6.07, 6.45) is 0. The summed E-state index contributed by atoms with van der Waals surface area (Å²) < 4.78 is 11.1. The van der Waals surface area contributed by atoms with E-state index >= 15 is 0 Å². The molecule has 0 saturated carbocycles. The predicted molar refractivity (Wildman–Crippen MR) is 109 cm³/mol. The van der Waals surface area contributed by atoms with Crippen LogP contribution in [-0.4, -0.2) is 15.4 Å². The second kappa shape index (κ2) is 7.35. The van der Waals surface area contributed by atoms with Gasteiger partial charge in [-0.15, -0.1) is 0 Å². The summed E-state index contributed by atoms with van der Waals surface area (Å²) in [5, 5.41) is 11.6. The summed E-state index contributed by atoms with van der Waals surface area (Å²) in [7, 11) is 0. The van der Waals surface area contributed by atoms with Crippen LogP contribution in [0.2, 0.25) is 0 Å². The van der Waals surface area contributed by atoms with Crippen LogP contribution < -0.4 is 4.74 Å². The highest BCUT2D eigenvalue weighted by molar-refractivity contribution is 5.71. The molecule has 4 aromatic rings. The highest BCUT2D eigenvalue weighted by atomic mass is 16.5. The van der Waals surface area contributed by atoms with E-state index in [2.05, 4.69) is 53.5 Å². The van der Waals surface area contributed by atoms with Crippen LogP contribution in [0, 0.1) is 27.7 Å². The van der Waals surface area contributed by atoms with E-state index in [0.29, 0.717) is 6.61 Å². The Kier molecular flexibility index (Phi) is 4.74. The molecule has 0 radical (unpaired) electrons. The van der Waals surface area contributed by atoms with Crippen LogP contribution in [0.1, 0.15) is 28.1 Å².